The number of hydrogen-bond acceptors (Lipinski definition) is 5. The van der Waals surface area contributed by atoms with Gasteiger partial charge in [-0.3, -0.25) is 4.68 Å². The molecule has 21 heavy (non-hydrogen) atoms. The average Bonchev–Trinajstić information content (AvgIpc) is 3.06. The Balaban J connectivity index is 2.16. The van der Waals surface area contributed by atoms with Gasteiger partial charge in [0.05, 0.1) is 0 Å². The molecular formula is C13H20N4O2S2. The molecule has 0 atom stereocenters. The topological polar surface area (TPSA) is 90.0 Å². The maximum absolute atomic E-state index is 12.4. The summed E-state index contributed by atoms with van der Waals surface area (Å²) in [6.07, 6.45) is 1.45. The van der Waals surface area contributed by atoms with E-state index in [1.54, 1.807) is 11.3 Å². The molecule has 0 aliphatic rings. The van der Waals surface area contributed by atoms with E-state index in [2.05, 4.69) is 9.82 Å². The van der Waals surface area contributed by atoms with Gasteiger partial charge < -0.3 is 5.73 Å². The SMILES string of the molecule is CCn1cc(S(=O)(=O)NCC(C)(C)c2cccs2)c(N)n1. The molecule has 8 heteroatoms. The van der Waals surface area contributed by atoms with E-state index in [9.17, 15) is 8.42 Å². The summed E-state index contributed by atoms with van der Waals surface area (Å²) in [6.45, 7) is 6.74. The van der Waals surface area contributed by atoms with Crippen molar-refractivity contribution in [1.29, 1.82) is 0 Å². The molecule has 2 heterocycles. The number of sulfonamides is 1. The second kappa shape index (κ2) is 5.78. The maximum Gasteiger partial charge on any atom is 0.245 e. The second-order valence-electron chi connectivity index (χ2n) is 5.42. The number of nitrogens with zero attached hydrogens (tertiary/aromatic N) is 2. The number of anilines is 1. The van der Waals surface area contributed by atoms with Crippen LogP contribution in [0.2, 0.25) is 0 Å². The van der Waals surface area contributed by atoms with Crippen LogP contribution in [0.1, 0.15) is 25.6 Å². The van der Waals surface area contributed by atoms with Crippen LogP contribution in [-0.4, -0.2) is 24.7 Å². The predicted octanol–water partition coefficient (Wildman–Crippen LogP) is 1.80. The van der Waals surface area contributed by atoms with Crippen LogP contribution in [0.5, 0.6) is 0 Å². The molecule has 2 rings (SSSR count). The van der Waals surface area contributed by atoms with Gasteiger partial charge in [0.2, 0.25) is 10.0 Å². The highest BCUT2D eigenvalue weighted by Gasteiger charge is 2.27. The van der Waals surface area contributed by atoms with E-state index < -0.39 is 10.0 Å². The number of rotatable bonds is 6. The largest absolute Gasteiger partial charge is 0.381 e. The number of aryl methyl sites for hydroxylation is 1. The smallest absolute Gasteiger partial charge is 0.245 e. The van der Waals surface area contributed by atoms with Gasteiger partial charge in [0, 0.05) is 29.6 Å². The monoisotopic (exact) mass is 328 g/mol. The van der Waals surface area contributed by atoms with Gasteiger partial charge in [0.25, 0.3) is 0 Å². The zero-order valence-electron chi connectivity index (χ0n) is 12.3. The van der Waals surface area contributed by atoms with Crippen molar-refractivity contribution in [3.8, 4) is 0 Å². The predicted molar refractivity (Wildman–Crippen MR) is 84.8 cm³/mol. The fraction of sp³-hybridized carbons (Fsp3) is 0.462. The normalized spacial score (nSPS) is 12.7. The van der Waals surface area contributed by atoms with Gasteiger partial charge in [-0.15, -0.1) is 11.3 Å². The summed E-state index contributed by atoms with van der Waals surface area (Å²) < 4.78 is 28.9. The van der Waals surface area contributed by atoms with Gasteiger partial charge in [0.1, 0.15) is 4.90 Å². The zero-order valence-corrected chi connectivity index (χ0v) is 14.0. The quantitative estimate of drug-likeness (QED) is 0.846. The van der Waals surface area contributed by atoms with Crippen LogP contribution in [0.25, 0.3) is 0 Å². The second-order valence-corrected chi connectivity index (χ2v) is 8.10. The Labute approximate surface area is 129 Å². The number of hydrogen-bond donors (Lipinski definition) is 2. The lowest BCUT2D eigenvalue weighted by Crippen LogP contribution is -2.36. The molecule has 0 spiro atoms. The number of aromatic nitrogens is 2. The van der Waals surface area contributed by atoms with Crippen LogP contribution < -0.4 is 10.5 Å². The average molecular weight is 328 g/mol. The minimum Gasteiger partial charge on any atom is -0.381 e. The third-order valence-corrected chi connectivity index (χ3v) is 5.91. The van der Waals surface area contributed by atoms with Crippen molar-refractivity contribution in [3.63, 3.8) is 0 Å². The Kier molecular flexibility index (Phi) is 4.40. The molecule has 0 aromatic carbocycles. The summed E-state index contributed by atoms with van der Waals surface area (Å²) >= 11 is 1.61. The van der Waals surface area contributed by atoms with E-state index in [0.717, 1.165) is 4.88 Å². The summed E-state index contributed by atoms with van der Waals surface area (Å²) in [7, 11) is -3.66. The fourth-order valence-corrected chi connectivity index (χ4v) is 4.03. The van der Waals surface area contributed by atoms with Crippen molar-refractivity contribution in [3.05, 3.63) is 28.6 Å². The van der Waals surface area contributed by atoms with E-state index in [1.807, 2.05) is 38.3 Å². The molecule has 116 valence electrons. The van der Waals surface area contributed by atoms with Crippen LogP contribution in [-0.2, 0) is 22.0 Å². The molecular weight excluding hydrogens is 308 g/mol. The maximum atomic E-state index is 12.4. The van der Waals surface area contributed by atoms with Crippen molar-refractivity contribution >= 4 is 27.2 Å². The van der Waals surface area contributed by atoms with Crippen molar-refractivity contribution in [2.45, 2.75) is 37.6 Å². The van der Waals surface area contributed by atoms with E-state index in [-0.39, 0.29) is 16.1 Å². The van der Waals surface area contributed by atoms with Gasteiger partial charge in [0.15, 0.2) is 5.82 Å². The van der Waals surface area contributed by atoms with Crippen LogP contribution in [0.3, 0.4) is 0 Å². The van der Waals surface area contributed by atoms with Crippen LogP contribution in [0, 0.1) is 0 Å². The van der Waals surface area contributed by atoms with Gasteiger partial charge in [-0.25, -0.2) is 13.1 Å². The number of nitrogens with two attached hydrogens (primary N) is 1. The molecule has 6 nitrogen and oxygen atoms in total. The molecule has 2 aromatic heterocycles. The fourth-order valence-electron chi connectivity index (χ4n) is 1.89. The molecule has 0 aliphatic carbocycles. The van der Waals surface area contributed by atoms with Crippen LogP contribution in [0.4, 0.5) is 5.82 Å². The molecule has 2 aromatic rings. The molecule has 0 saturated heterocycles. The molecule has 0 unspecified atom stereocenters. The molecule has 0 bridgehead atoms. The summed E-state index contributed by atoms with van der Waals surface area (Å²) in [5.74, 6) is 0.0262. The Bertz CT molecular complexity index is 703. The molecule has 0 saturated carbocycles. The standard InChI is InChI=1S/C13H20N4O2S2/c1-4-17-8-10(12(14)16-17)21(18,19)15-9-13(2,3)11-6-5-7-20-11/h5-8,15H,4,9H2,1-3H3,(H2,14,16). The van der Waals surface area contributed by atoms with Crippen molar-refractivity contribution in [2.24, 2.45) is 0 Å². The number of nitrogen functional groups attached to an aromatic ring is 1. The molecule has 3 N–H and O–H groups in total. The van der Waals surface area contributed by atoms with E-state index in [1.165, 1.54) is 10.9 Å². The number of nitrogens with one attached hydrogen (secondary N) is 1. The molecule has 0 radical (unpaired) electrons. The third kappa shape index (κ3) is 3.45. The number of thiophene rings is 1. The van der Waals surface area contributed by atoms with Crippen molar-refractivity contribution in [2.75, 3.05) is 12.3 Å². The summed E-state index contributed by atoms with van der Waals surface area (Å²) in [5.41, 5.74) is 5.41. The Morgan fingerprint density at radius 3 is 2.71 bits per heavy atom. The minimum absolute atomic E-state index is 0.0262. The van der Waals surface area contributed by atoms with Gasteiger partial charge in [-0.2, -0.15) is 5.10 Å². The Hall–Kier alpha value is -1.38. The molecule has 0 fully saturated rings. The lowest BCUT2D eigenvalue weighted by molar-refractivity contribution is 0.509. The van der Waals surface area contributed by atoms with Crippen molar-refractivity contribution in [1.82, 2.24) is 14.5 Å². The lowest BCUT2D eigenvalue weighted by atomic mass is 9.92. The Morgan fingerprint density at radius 1 is 1.48 bits per heavy atom. The summed E-state index contributed by atoms with van der Waals surface area (Å²) in [6, 6.07) is 3.96. The third-order valence-electron chi connectivity index (χ3n) is 3.26. The highest BCUT2D eigenvalue weighted by Crippen LogP contribution is 2.27. The zero-order chi connectivity index (χ0) is 15.7. The van der Waals surface area contributed by atoms with Gasteiger partial charge >= 0.3 is 0 Å². The van der Waals surface area contributed by atoms with E-state index in [4.69, 9.17) is 5.73 Å². The minimum atomic E-state index is -3.66. The van der Waals surface area contributed by atoms with Crippen LogP contribution in [0.15, 0.2) is 28.6 Å². The highest BCUT2D eigenvalue weighted by molar-refractivity contribution is 7.89. The first-order valence-corrected chi connectivity index (χ1v) is 8.99. The first-order valence-electron chi connectivity index (χ1n) is 6.63. The van der Waals surface area contributed by atoms with Gasteiger partial charge in [-0.05, 0) is 18.4 Å². The lowest BCUT2D eigenvalue weighted by Gasteiger charge is -2.23. The first-order chi connectivity index (χ1) is 9.76. The van der Waals surface area contributed by atoms with E-state index in [0.29, 0.717) is 13.1 Å². The van der Waals surface area contributed by atoms with E-state index >= 15 is 0 Å². The first kappa shape index (κ1) is 16.0. The summed E-state index contributed by atoms with van der Waals surface area (Å²) in [4.78, 5) is 1.16. The van der Waals surface area contributed by atoms with Crippen molar-refractivity contribution < 1.29 is 8.42 Å². The molecule has 0 aliphatic heterocycles. The highest BCUT2D eigenvalue weighted by atomic mass is 32.2. The summed E-state index contributed by atoms with van der Waals surface area (Å²) in [5, 5.41) is 5.95. The van der Waals surface area contributed by atoms with Gasteiger partial charge in [-0.1, -0.05) is 19.9 Å². The Morgan fingerprint density at radius 2 is 2.19 bits per heavy atom. The molecule has 0 amide bonds. The van der Waals surface area contributed by atoms with Crippen LogP contribution >= 0.6 is 11.3 Å².